The van der Waals surface area contributed by atoms with Crippen LogP contribution in [0.2, 0.25) is 0 Å². The maximum Gasteiger partial charge on any atom is 0.231 e. The number of benzene rings is 3. The molecule has 3 aliphatic rings. The van der Waals surface area contributed by atoms with Crippen molar-refractivity contribution < 1.29 is 14.2 Å². The summed E-state index contributed by atoms with van der Waals surface area (Å²) < 4.78 is 18.0. The number of ether oxygens (including phenoxy) is 3. The van der Waals surface area contributed by atoms with Gasteiger partial charge in [-0.1, -0.05) is 66.7 Å². The molecule has 170 valence electrons. The SMILES string of the molecule is c1ccc(C(O[C@H]2CCC3CCC2N3CCc2ccc3c(c2)OCO3)c2ccccc2)cc1. The molecule has 0 aliphatic carbocycles. The Balaban J connectivity index is 1.18. The van der Waals surface area contributed by atoms with Gasteiger partial charge in [0, 0.05) is 18.6 Å². The topological polar surface area (TPSA) is 30.9 Å². The van der Waals surface area contributed by atoms with Crippen molar-refractivity contribution in [2.24, 2.45) is 0 Å². The van der Waals surface area contributed by atoms with Crippen LogP contribution in [0.3, 0.4) is 0 Å². The third-order valence-corrected chi connectivity index (χ3v) is 7.52. The molecular weight excluding hydrogens is 410 g/mol. The quantitative estimate of drug-likeness (QED) is 0.466. The summed E-state index contributed by atoms with van der Waals surface area (Å²) in [6.07, 6.45) is 6.14. The Kier molecular flexibility index (Phi) is 5.79. The van der Waals surface area contributed by atoms with Gasteiger partial charge in [0.05, 0.1) is 6.10 Å². The number of fused-ring (bicyclic) bond motifs is 3. The second-order valence-electron chi connectivity index (χ2n) is 9.43. The van der Waals surface area contributed by atoms with Crippen LogP contribution in [0.25, 0.3) is 0 Å². The molecule has 4 nitrogen and oxygen atoms in total. The first-order chi connectivity index (χ1) is 16.3. The van der Waals surface area contributed by atoms with Gasteiger partial charge in [0.25, 0.3) is 0 Å². The molecule has 3 atom stereocenters. The van der Waals surface area contributed by atoms with E-state index >= 15 is 0 Å². The van der Waals surface area contributed by atoms with Crippen LogP contribution in [-0.4, -0.2) is 36.4 Å². The van der Waals surface area contributed by atoms with E-state index in [0.29, 0.717) is 18.9 Å². The van der Waals surface area contributed by atoms with Crippen molar-refractivity contribution >= 4 is 0 Å². The summed E-state index contributed by atoms with van der Waals surface area (Å²) in [5.41, 5.74) is 3.78. The smallest absolute Gasteiger partial charge is 0.231 e. The Morgan fingerprint density at radius 2 is 1.48 bits per heavy atom. The summed E-state index contributed by atoms with van der Waals surface area (Å²) in [6.45, 7) is 1.40. The van der Waals surface area contributed by atoms with Crippen molar-refractivity contribution in [3.8, 4) is 11.5 Å². The first-order valence-electron chi connectivity index (χ1n) is 12.2. The summed E-state index contributed by atoms with van der Waals surface area (Å²) in [7, 11) is 0. The summed E-state index contributed by atoms with van der Waals surface area (Å²) in [5.74, 6) is 1.74. The van der Waals surface area contributed by atoms with Gasteiger partial charge < -0.3 is 14.2 Å². The molecule has 2 bridgehead atoms. The van der Waals surface area contributed by atoms with E-state index in [1.807, 2.05) is 6.07 Å². The van der Waals surface area contributed by atoms with Crippen molar-refractivity contribution in [2.75, 3.05) is 13.3 Å². The van der Waals surface area contributed by atoms with Gasteiger partial charge >= 0.3 is 0 Å². The van der Waals surface area contributed by atoms with Crippen molar-refractivity contribution in [2.45, 2.75) is 56.4 Å². The highest BCUT2D eigenvalue weighted by Crippen LogP contribution is 2.40. The van der Waals surface area contributed by atoms with Gasteiger partial charge in [0.1, 0.15) is 6.10 Å². The molecule has 2 saturated heterocycles. The van der Waals surface area contributed by atoms with Crippen LogP contribution in [0, 0.1) is 0 Å². The monoisotopic (exact) mass is 441 g/mol. The van der Waals surface area contributed by atoms with Crippen molar-refractivity contribution in [1.82, 2.24) is 4.90 Å². The van der Waals surface area contributed by atoms with Crippen LogP contribution in [0.1, 0.15) is 48.5 Å². The maximum absolute atomic E-state index is 6.96. The average molecular weight is 442 g/mol. The zero-order valence-electron chi connectivity index (χ0n) is 18.9. The lowest BCUT2D eigenvalue weighted by Crippen LogP contribution is -2.49. The summed E-state index contributed by atoms with van der Waals surface area (Å²) in [4.78, 5) is 2.73. The normalized spacial score (nSPS) is 23.8. The van der Waals surface area contributed by atoms with Crippen LogP contribution < -0.4 is 9.47 Å². The van der Waals surface area contributed by atoms with E-state index in [0.717, 1.165) is 30.9 Å². The lowest BCUT2D eigenvalue weighted by Gasteiger charge is -2.41. The molecule has 0 amide bonds. The van der Waals surface area contributed by atoms with Crippen molar-refractivity contribution in [3.05, 3.63) is 95.6 Å². The highest BCUT2D eigenvalue weighted by atomic mass is 16.7. The van der Waals surface area contributed by atoms with Gasteiger partial charge in [-0.25, -0.2) is 0 Å². The maximum atomic E-state index is 6.96. The number of piperidine rings is 1. The minimum Gasteiger partial charge on any atom is -0.454 e. The highest BCUT2D eigenvalue weighted by Gasteiger charge is 2.43. The first-order valence-corrected chi connectivity index (χ1v) is 12.2. The van der Waals surface area contributed by atoms with E-state index in [-0.39, 0.29) is 12.2 Å². The molecule has 3 aromatic rings. The minimum atomic E-state index is -0.0229. The first kappa shape index (κ1) is 20.8. The molecule has 3 aliphatic heterocycles. The molecule has 0 radical (unpaired) electrons. The van der Waals surface area contributed by atoms with Gasteiger partial charge in [0.2, 0.25) is 6.79 Å². The number of rotatable bonds is 7. The number of hydrogen-bond acceptors (Lipinski definition) is 4. The molecule has 4 heteroatoms. The van der Waals surface area contributed by atoms with E-state index in [4.69, 9.17) is 14.2 Å². The van der Waals surface area contributed by atoms with Crippen LogP contribution in [0.15, 0.2) is 78.9 Å². The summed E-state index contributed by atoms with van der Waals surface area (Å²) >= 11 is 0. The van der Waals surface area contributed by atoms with Crippen molar-refractivity contribution in [1.29, 1.82) is 0 Å². The molecular formula is C29H31NO3. The largest absolute Gasteiger partial charge is 0.454 e. The zero-order chi connectivity index (χ0) is 22.0. The molecule has 6 rings (SSSR count). The van der Waals surface area contributed by atoms with Gasteiger partial charge in [0.15, 0.2) is 11.5 Å². The van der Waals surface area contributed by atoms with Crippen LogP contribution >= 0.6 is 0 Å². The van der Waals surface area contributed by atoms with E-state index < -0.39 is 0 Å². The molecule has 0 N–H and O–H groups in total. The highest BCUT2D eigenvalue weighted by molar-refractivity contribution is 5.44. The predicted octanol–water partition coefficient (Wildman–Crippen LogP) is 5.76. The van der Waals surface area contributed by atoms with Crippen molar-refractivity contribution in [3.63, 3.8) is 0 Å². The Morgan fingerprint density at radius 1 is 0.788 bits per heavy atom. The van der Waals surface area contributed by atoms with E-state index in [2.05, 4.69) is 77.7 Å². The fourth-order valence-corrected chi connectivity index (χ4v) is 5.87. The fourth-order valence-electron chi connectivity index (χ4n) is 5.87. The molecule has 33 heavy (non-hydrogen) atoms. The van der Waals surface area contributed by atoms with E-state index in [1.54, 1.807) is 0 Å². The van der Waals surface area contributed by atoms with Crippen LogP contribution in [-0.2, 0) is 11.2 Å². The second-order valence-corrected chi connectivity index (χ2v) is 9.43. The second kappa shape index (κ2) is 9.20. The van der Waals surface area contributed by atoms with Crippen LogP contribution in [0.4, 0.5) is 0 Å². The van der Waals surface area contributed by atoms with E-state index in [1.165, 1.54) is 36.0 Å². The van der Waals surface area contributed by atoms with Gasteiger partial charge in [-0.3, -0.25) is 4.90 Å². The molecule has 3 aromatic carbocycles. The molecule has 2 unspecified atom stereocenters. The molecule has 3 heterocycles. The Morgan fingerprint density at radius 3 is 2.24 bits per heavy atom. The van der Waals surface area contributed by atoms with E-state index in [9.17, 15) is 0 Å². The standard InChI is InChI=1S/C29H31NO3/c1-3-7-22(8-4-1)29(23-9-5-2-6-10-23)33-26-16-13-24-12-14-25(26)30(24)18-17-21-11-15-27-28(19-21)32-20-31-27/h1-11,15,19,24-26,29H,12-14,16-18,20H2/t24?,25?,26-/m0/s1. The minimum absolute atomic E-state index is 0.0229. The molecule has 0 spiro atoms. The Bertz CT molecular complexity index is 1030. The third kappa shape index (κ3) is 4.25. The lowest BCUT2D eigenvalue weighted by molar-refractivity contribution is -0.0657. The summed E-state index contributed by atoms with van der Waals surface area (Å²) in [5, 5.41) is 0. The zero-order valence-corrected chi connectivity index (χ0v) is 18.9. The molecule has 0 saturated carbocycles. The number of nitrogens with zero attached hydrogens (tertiary/aromatic N) is 1. The van der Waals surface area contributed by atoms with Gasteiger partial charge in [-0.05, 0) is 60.9 Å². The number of hydrogen-bond donors (Lipinski definition) is 0. The van der Waals surface area contributed by atoms with Crippen LogP contribution in [0.5, 0.6) is 11.5 Å². The summed E-state index contributed by atoms with van der Waals surface area (Å²) in [6, 6.07) is 28.9. The van der Waals surface area contributed by atoms with Gasteiger partial charge in [-0.2, -0.15) is 0 Å². The average Bonchev–Trinajstić information content (AvgIpc) is 3.45. The molecule has 2 fully saturated rings. The molecule has 0 aromatic heterocycles. The Hall–Kier alpha value is -2.82. The third-order valence-electron chi connectivity index (χ3n) is 7.52. The fraction of sp³-hybridized carbons (Fsp3) is 0.379. The lowest BCUT2D eigenvalue weighted by atomic mass is 9.96. The Labute approximate surface area is 196 Å². The van der Waals surface area contributed by atoms with Gasteiger partial charge in [-0.15, -0.1) is 0 Å². The predicted molar refractivity (Wildman–Crippen MR) is 129 cm³/mol.